The molecule has 0 saturated carbocycles. The van der Waals surface area contributed by atoms with E-state index in [0.29, 0.717) is 13.2 Å². The maximum Gasteiger partial charge on any atom is 0.191 e. The number of guanidine groups is 1. The van der Waals surface area contributed by atoms with E-state index in [1.54, 1.807) is 6.20 Å². The van der Waals surface area contributed by atoms with Crippen LogP contribution in [0.2, 0.25) is 0 Å². The van der Waals surface area contributed by atoms with E-state index in [1.807, 2.05) is 16.9 Å². The number of nitrogens with zero attached hydrogens (tertiary/aromatic N) is 3. The van der Waals surface area contributed by atoms with Crippen molar-refractivity contribution in [2.24, 2.45) is 4.99 Å². The van der Waals surface area contributed by atoms with Crippen molar-refractivity contribution < 1.29 is 4.74 Å². The van der Waals surface area contributed by atoms with E-state index in [2.05, 4.69) is 67.7 Å². The lowest BCUT2D eigenvalue weighted by atomic mass is 10.1. The third-order valence-corrected chi connectivity index (χ3v) is 3.84. The minimum absolute atomic E-state index is 0.132. The molecule has 0 aliphatic rings. The minimum Gasteiger partial charge on any atom is -0.371 e. The summed E-state index contributed by atoms with van der Waals surface area (Å²) in [6.07, 6.45) is 4.78. The number of hydrogen-bond acceptors (Lipinski definition) is 3. The monoisotopic (exact) mass is 371 g/mol. The summed E-state index contributed by atoms with van der Waals surface area (Å²) in [7, 11) is 0. The Morgan fingerprint density at radius 2 is 2.00 bits per heavy atom. The van der Waals surface area contributed by atoms with Crippen molar-refractivity contribution in [2.45, 2.75) is 59.4 Å². The standard InChI is InChI=1S/C21H33N5O/c1-5-22-20(23-11-7-13-26-14-8-12-25-26)24-16-18-9-6-10-19(15-18)17-27-21(2,3)4/h6,8-10,12,14-15H,5,7,11,13,16-17H2,1-4H3,(H2,22,23,24). The van der Waals surface area contributed by atoms with Crippen molar-refractivity contribution >= 4 is 5.96 Å². The first-order valence-electron chi connectivity index (χ1n) is 9.67. The van der Waals surface area contributed by atoms with Crippen LogP contribution in [0.25, 0.3) is 0 Å². The number of rotatable bonds is 9. The fourth-order valence-electron chi connectivity index (χ4n) is 2.51. The van der Waals surface area contributed by atoms with Gasteiger partial charge in [0.1, 0.15) is 0 Å². The second kappa shape index (κ2) is 10.7. The molecule has 0 saturated heterocycles. The molecule has 0 aliphatic carbocycles. The number of benzene rings is 1. The van der Waals surface area contributed by atoms with Crippen LogP contribution < -0.4 is 10.6 Å². The van der Waals surface area contributed by atoms with Crippen molar-refractivity contribution in [1.82, 2.24) is 20.4 Å². The predicted molar refractivity (Wildman–Crippen MR) is 111 cm³/mol. The highest BCUT2D eigenvalue weighted by Crippen LogP contribution is 2.13. The second-order valence-corrected chi connectivity index (χ2v) is 7.47. The molecule has 0 atom stereocenters. The zero-order valence-corrected chi connectivity index (χ0v) is 17.0. The van der Waals surface area contributed by atoms with Crippen molar-refractivity contribution in [3.8, 4) is 0 Å². The quantitative estimate of drug-likeness (QED) is 0.403. The summed E-state index contributed by atoms with van der Waals surface area (Å²) >= 11 is 0. The summed E-state index contributed by atoms with van der Waals surface area (Å²) in [5.41, 5.74) is 2.22. The molecule has 0 bridgehead atoms. The van der Waals surface area contributed by atoms with Crippen molar-refractivity contribution in [1.29, 1.82) is 0 Å². The first-order valence-corrected chi connectivity index (χ1v) is 9.67. The summed E-state index contributed by atoms with van der Waals surface area (Å²) in [6.45, 7) is 12.1. The van der Waals surface area contributed by atoms with Gasteiger partial charge in [-0.3, -0.25) is 4.68 Å². The van der Waals surface area contributed by atoms with E-state index in [-0.39, 0.29) is 5.60 Å². The van der Waals surface area contributed by atoms with E-state index in [0.717, 1.165) is 32.0 Å². The van der Waals surface area contributed by atoms with Crippen molar-refractivity contribution in [3.63, 3.8) is 0 Å². The molecule has 2 N–H and O–H groups in total. The SMILES string of the molecule is CCNC(=NCc1cccc(COC(C)(C)C)c1)NCCCn1cccn1. The number of ether oxygens (including phenoxy) is 1. The number of nitrogens with one attached hydrogen (secondary N) is 2. The zero-order valence-electron chi connectivity index (χ0n) is 17.0. The van der Waals surface area contributed by atoms with Gasteiger partial charge in [0, 0.05) is 32.0 Å². The maximum atomic E-state index is 5.86. The van der Waals surface area contributed by atoms with Gasteiger partial charge >= 0.3 is 0 Å². The van der Waals surface area contributed by atoms with E-state index in [1.165, 1.54) is 11.1 Å². The average molecular weight is 372 g/mol. The van der Waals surface area contributed by atoms with Crippen LogP contribution in [0.4, 0.5) is 0 Å². The average Bonchev–Trinajstić information content (AvgIpc) is 3.15. The van der Waals surface area contributed by atoms with Gasteiger partial charge in [-0.25, -0.2) is 4.99 Å². The van der Waals surface area contributed by atoms with Crippen LogP contribution in [-0.4, -0.2) is 34.4 Å². The van der Waals surface area contributed by atoms with Crippen LogP contribution in [0, 0.1) is 0 Å². The Morgan fingerprint density at radius 3 is 2.70 bits per heavy atom. The topological polar surface area (TPSA) is 63.5 Å². The van der Waals surface area contributed by atoms with Gasteiger partial charge in [0.25, 0.3) is 0 Å². The lowest BCUT2D eigenvalue weighted by molar-refractivity contribution is -0.0149. The van der Waals surface area contributed by atoms with E-state index in [9.17, 15) is 0 Å². The highest BCUT2D eigenvalue weighted by atomic mass is 16.5. The zero-order chi connectivity index (χ0) is 19.5. The second-order valence-electron chi connectivity index (χ2n) is 7.47. The molecular weight excluding hydrogens is 338 g/mol. The van der Waals surface area contributed by atoms with Gasteiger partial charge in [0.15, 0.2) is 5.96 Å². The van der Waals surface area contributed by atoms with E-state index >= 15 is 0 Å². The summed E-state index contributed by atoms with van der Waals surface area (Å²) in [6, 6.07) is 10.4. The highest BCUT2D eigenvalue weighted by molar-refractivity contribution is 5.79. The lowest BCUT2D eigenvalue weighted by Crippen LogP contribution is -2.38. The highest BCUT2D eigenvalue weighted by Gasteiger charge is 2.10. The van der Waals surface area contributed by atoms with Crippen molar-refractivity contribution in [3.05, 3.63) is 53.9 Å². The Hall–Kier alpha value is -2.34. The molecule has 6 nitrogen and oxygen atoms in total. The number of hydrogen-bond donors (Lipinski definition) is 2. The fourth-order valence-corrected chi connectivity index (χ4v) is 2.51. The van der Waals surface area contributed by atoms with Crippen LogP contribution in [0.5, 0.6) is 0 Å². The minimum atomic E-state index is -0.132. The van der Waals surface area contributed by atoms with Crippen molar-refractivity contribution in [2.75, 3.05) is 13.1 Å². The molecule has 2 aromatic rings. The number of aryl methyl sites for hydroxylation is 1. The first kappa shape index (κ1) is 21.0. The lowest BCUT2D eigenvalue weighted by Gasteiger charge is -2.19. The van der Waals surface area contributed by atoms with Crippen LogP contribution >= 0.6 is 0 Å². The van der Waals surface area contributed by atoms with E-state index in [4.69, 9.17) is 9.73 Å². The third kappa shape index (κ3) is 8.73. The van der Waals surface area contributed by atoms with Crippen LogP contribution in [-0.2, 0) is 24.4 Å². The molecule has 0 amide bonds. The summed E-state index contributed by atoms with van der Waals surface area (Å²) in [5.74, 6) is 0.842. The molecule has 0 radical (unpaired) electrons. The smallest absolute Gasteiger partial charge is 0.191 e. The van der Waals surface area contributed by atoms with Gasteiger partial charge in [-0.15, -0.1) is 0 Å². The number of aliphatic imine (C=N–C) groups is 1. The molecule has 0 spiro atoms. The largest absolute Gasteiger partial charge is 0.371 e. The van der Waals surface area contributed by atoms with Gasteiger partial charge in [-0.05, 0) is 51.3 Å². The molecule has 2 rings (SSSR count). The Morgan fingerprint density at radius 1 is 1.19 bits per heavy atom. The fraction of sp³-hybridized carbons (Fsp3) is 0.524. The van der Waals surface area contributed by atoms with Crippen LogP contribution in [0.3, 0.4) is 0 Å². The molecular formula is C21H33N5O. The molecule has 1 aromatic heterocycles. The molecule has 148 valence electrons. The molecule has 1 aromatic carbocycles. The molecule has 0 unspecified atom stereocenters. The molecule has 27 heavy (non-hydrogen) atoms. The Bertz CT molecular complexity index is 689. The van der Waals surface area contributed by atoms with Gasteiger partial charge in [-0.1, -0.05) is 24.3 Å². The molecule has 0 fully saturated rings. The molecule has 1 heterocycles. The Balaban J connectivity index is 1.83. The Kier molecular flexibility index (Phi) is 8.33. The molecule has 6 heteroatoms. The van der Waals surface area contributed by atoms with E-state index < -0.39 is 0 Å². The molecule has 0 aliphatic heterocycles. The first-order chi connectivity index (χ1) is 13.0. The Labute approximate surface area is 163 Å². The normalized spacial score (nSPS) is 12.2. The predicted octanol–water partition coefficient (Wildman–Crippen LogP) is 3.34. The van der Waals surface area contributed by atoms with Crippen LogP contribution in [0.1, 0.15) is 45.2 Å². The van der Waals surface area contributed by atoms with Gasteiger partial charge in [-0.2, -0.15) is 5.10 Å². The summed E-state index contributed by atoms with van der Waals surface area (Å²) in [4.78, 5) is 4.70. The van der Waals surface area contributed by atoms with Gasteiger partial charge in [0.2, 0.25) is 0 Å². The summed E-state index contributed by atoms with van der Waals surface area (Å²) < 4.78 is 7.80. The van der Waals surface area contributed by atoms with Crippen LogP contribution in [0.15, 0.2) is 47.7 Å². The number of aromatic nitrogens is 2. The summed E-state index contributed by atoms with van der Waals surface area (Å²) in [5, 5.41) is 10.9. The van der Waals surface area contributed by atoms with Gasteiger partial charge in [0.05, 0.1) is 18.8 Å². The van der Waals surface area contributed by atoms with Gasteiger partial charge < -0.3 is 15.4 Å². The third-order valence-electron chi connectivity index (χ3n) is 3.84. The maximum absolute atomic E-state index is 5.86.